The van der Waals surface area contributed by atoms with Gasteiger partial charge in [-0.05, 0) is 13.8 Å². The Balaban J connectivity index is 2.45. The first-order valence-corrected chi connectivity index (χ1v) is 3.83. The Kier molecular flexibility index (Phi) is 1.95. The van der Waals surface area contributed by atoms with E-state index in [0.29, 0.717) is 12.5 Å². The smallest absolute Gasteiger partial charge is 0.115 e. The van der Waals surface area contributed by atoms with Crippen LogP contribution in [0.3, 0.4) is 0 Å². The molecule has 1 aliphatic heterocycles. The normalized spacial score (nSPS) is 32.3. The summed E-state index contributed by atoms with van der Waals surface area (Å²) in [6.07, 6.45) is 0. The summed E-state index contributed by atoms with van der Waals surface area (Å²) in [4.78, 5) is -0.284. The molecule has 0 N–H and O–H groups in total. The molecule has 9 heavy (non-hydrogen) atoms. The number of rotatable bonds is 1. The number of ether oxygens (including phenoxy) is 1. The van der Waals surface area contributed by atoms with E-state index in [4.69, 9.17) is 27.9 Å². The highest BCUT2D eigenvalue weighted by molar-refractivity contribution is 6.44. The maximum Gasteiger partial charge on any atom is 0.115 e. The van der Waals surface area contributed by atoms with E-state index in [1.54, 1.807) is 0 Å². The molecular formula is C6H10Cl2O. The maximum absolute atomic E-state index is 5.65. The maximum atomic E-state index is 5.65. The van der Waals surface area contributed by atoms with Crippen molar-refractivity contribution >= 4 is 23.2 Å². The van der Waals surface area contributed by atoms with Crippen LogP contribution in [0.1, 0.15) is 13.8 Å². The minimum Gasteiger partial charge on any atom is -0.375 e. The van der Waals surface area contributed by atoms with Crippen LogP contribution in [0, 0.1) is 5.92 Å². The Labute approximate surface area is 65.3 Å². The Bertz CT molecular complexity index is 112. The fourth-order valence-electron chi connectivity index (χ4n) is 0.889. The molecule has 1 saturated heterocycles. The van der Waals surface area contributed by atoms with Gasteiger partial charge in [-0.15, -0.1) is 23.2 Å². The summed E-state index contributed by atoms with van der Waals surface area (Å²) in [5, 5.41) is 0. The van der Waals surface area contributed by atoms with Crippen molar-refractivity contribution in [3.63, 3.8) is 0 Å². The van der Waals surface area contributed by atoms with Gasteiger partial charge in [-0.2, -0.15) is 0 Å². The number of hydrogen-bond acceptors (Lipinski definition) is 1. The second-order valence-electron chi connectivity index (χ2n) is 2.86. The zero-order chi connectivity index (χ0) is 7.07. The summed E-state index contributed by atoms with van der Waals surface area (Å²) >= 11 is 11.3. The Morgan fingerprint density at radius 1 is 1.56 bits per heavy atom. The molecule has 0 aliphatic carbocycles. The Morgan fingerprint density at radius 3 is 2.11 bits per heavy atom. The highest BCUT2D eigenvalue weighted by Gasteiger charge is 2.43. The third-order valence-corrected chi connectivity index (χ3v) is 2.44. The average Bonchev–Trinajstić information content (AvgIpc) is 1.62. The molecule has 54 valence electrons. The summed E-state index contributed by atoms with van der Waals surface area (Å²) in [5.74, 6) is 0.306. The zero-order valence-corrected chi connectivity index (χ0v) is 7.04. The molecule has 1 atom stereocenters. The molecule has 0 amide bonds. The van der Waals surface area contributed by atoms with Crippen LogP contribution in [-0.4, -0.2) is 17.0 Å². The van der Waals surface area contributed by atoms with E-state index < -0.39 is 0 Å². The molecule has 0 radical (unpaired) electrons. The molecule has 0 spiro atoms. The average molecular weight is 169 g/mol. The standard InChI is InChI=1S/C6H10Cl2O/c1-6(2)4(3-9-6)5(7)8/h4-5H,3H2,1-2H3. The molecule has 0 aromatic rings. The molecule has 0 aromatic heterocycles. The molecule has 1 nitrogen and oxygen atoms in total. The third-order valence-electron chi connectivity index (χ3n) is 1.83. The largest absolute Gasteiger partial charge is 0.375 e. The highest BCUT2D eigenvalue weighted by Crippen LogP contribution is 2.38. The van der Waals surface area contributed by atoms with E-state index in [2.05, 4.69) is 0 Å². The van der Waals surface area contributed by atoms with E-state index in [1.807, 2.05) is 13.8 Å². The lowest BCUT2D eigenvalue weighted by Gasteiger charge is -2.45. The summed E-state index contributed by atoms with van der Waals surface area (Å²) in [5.41, 5.74) is -0.103. The van der Waals surface area contributed by atoms with Crippen LogP contribution in [0.25, 0.3) is 0 Å². The fraction of sp³-hybridized carbons (Fsp3) is 1.00. The van der Waals surface area contributed by atoms with Gasteiger partial charge in [0.2, 0.25) is 0 Å². The first-order chi connectivity index (χ1) is 4.04. The van der Waals surface area contributed by atoms with Crippen molar-refractivity contribution in [3.8, 4) is 0 Å². The molecule has 1 aliphatic rings. The van der Waals surface area contributed by atoms with Crippen molar-refractivity contribution in [2.75, 3.05) is 6.61 Å². The van der Waals surface area contributed by atoms with Crippen LogP contribution in [0.4, 0.5) is 0 Å². The molecule has 1 fully saturated rings. The van der Waals surface area contributed by atoms with Crippen LogP contribution in [0.15, 0.2) is 0 Å². The second kappa shape index (κ2) is 2.30. The Hall–Kier alpha value is 0.540. The first-order valence-electron chi connectivity index (χ1n) is 2.96. The van der Waals surface area contributed by atoms with Crippen molar-refractivity contribution in [2.45, 2.75) is 24.3 Å². The third kappa shape index (κ3) is 1.34. The number of hydrogen-bond donors (Lipinski definition) is 0. The van der Waals surface area contributed by atoms with Gasteiger partial charge in [-0.3, -0.25) is 0 Å². The lowest BCUT2D eigenvalue weighted by atomic mass is 9.88. The van der Waals surface area contributed by atoms with Crippen molar-refractivity contribution in [1.82, 2.24) is 0 Å². The SMILES string of the molecule is CC1(C)OCC1C(Cl)Cl. The Morgan fingerprint density at radius 2 is 2.11 bits per heavy atom. The zero-order valence-electron chi connectivity index (χ0n) is 5.53. The van der Waals surface area contributed by atoms with E-state index in [1.165, 1.54) is 0 Å². The lowest BCUT2D eigenvalue weighted by Crippen LogP contribution is -2.51. The molecule has 1 rings (SSSR count). The van der Waals surface area contributed by atoms with E-state index in [0.717, 1.165) is 0 Å². The van der Waals surface area contributed by atoms with Crippen molar-refractivity contribution in [3.05, 3.63) is 0 Å². The van der Waals surface area contributed by atoms with Crippen LogP contribution in [0.2, 0.25) is 0 Å². The van der Waals surface area contributed by atoms with Crippen molar-refractivity contribution in [2.24, 2.45) is 5.92 Å². The number of alkyl halides is 2. The summed E-state index contributed by atoms with van der Waals surface area (Å²) in [6, 6.07) is 0. The minimum absolute atomic E-state index is 0.103. The van der Waals surface area contributed by atoms with Gasteiger partial charge >= 0.3 is 0 Å². The van der Waals surface area contributed by atoms with Gasteiger partial charge in [0.1, 0.15) is 4.84 Å². The molecule has 1 unspecified atom stereocenters. The van der Waals surface area contributed by atoms with Crippen LogP contribution < -0.4 is 0 Å². The van der Waals surface area contributed by atoms with Gasteiger partial charge in [0.15, 0.2) is 0 Å². The number of halogens is 2. The van der Waals surface area contributed by atoms with Crippen LogP contribution in [-0.2, 0) is 4.74 Å². The quantitative estimate of drug-likeness (QED) is 0.547. The summed E-state index contributed by atoms with van der Waals surface area (Å²) < 4.78 is 5.22. The van der Waals surface area contributed by atoms with Crippen molar-refractivity contribution in [1.29, 1.82) is 0 Å². The van der Waals surface area contributed by atoms with Gasteiger partial charge in [-0.1, -0.05) is 0 Å². The molecule has 0 saturated carbocycles. The van der Waals surface area contributed by atoms with Gasteiger partial charge < -0.3 is 4.74 Å². The van der Waals surface area contributed by atoms with E-state index >= 15 is 0 Å². The topological polar surface area (TPSA) is 9.23 Å². The van der Waals surface area contributed by atoms with Crippen LogP contribution in [0.5, 0.6) is 0 Å². The van der Waals surface area contributed by atoms with Crippen LogP contribution >= 0.6 is 23.2 Å². The van der Waals surface area contributed by atoms with E-state index in [9.17, 15) is 0 Å². The van der Waals surface area contributed by atoms with Gasteiger partial charge in [-0.25, -0.2) is 0 Å². The molecule has 1 heterocycles. The van der Waals surface area contributed by atoms with Gasteiger partial charge in [0.25, 0.3) is 0 Å². The van der Waals surface area contributed by atoms with Gasteiger partial charge in [0, 0.05) is 5.92 Å². The van der Waals surface area contributed by atoms with Crippen molar-refractivity contribution < 1.29 is 4.74 Å². The minimum atomic E-state index is -0.284. The van der Waals surface area contributed by atoms with Gasteiger partial charge in [0.05, 0.1) is 12.2 Å². The lowest BCUT2D eigenvalue weighted by molar-refractivity contribution is -0.175. The summed E-state index contributed by atoms with van der Waals surface area (Å²) in [7, 11) is 0. The predicted octanol–water partition coefficient (Wildman–Crippen LogP) is 2.22. The molecule has 0 aromatic carbocycles. The predicted molar refractivity (Wildman–Crippen MR) is 39.0 cm³/mol. The molecular weight excluding hydrogens is 159 g/mol. The molecule has 3 heteroatoms. The second-order valence-corrected chi connectivity index (χ2v) is 4.02. The summed E-state index contributed by atoms with van der Waals surface area (Å²) in [6.45, 7) is 4.70. The highest BCUT2D eigenvalue weighted by atomic mass is 35.5. The fourth-order valence-corrected chi connectivity index (χ4v) is 1.64. The first kappa shape index (κ1) is 7.64. The monoisotopic (exact) mass is 168 g/mol. The molecule has 0 bridgehead atoms. The van der Waals surface area contributed by atoms with E-state index in [-0.39, 0.29) is 10.4 Å².